The van der Waals surface area contributed by atoms with E-state index in [2.05, 4.69) is 34.9 Å². The molecule has 0 atom stereocenters. The second-order valence-electron chi connectivity index (χ2n) is 6.26. The van der Waals surface area contributed by atoms with Crippen LogP contribution in [0.25, 0.3) is 16.8 Å². The fourth-order valence-corrected chi connectivity index (χ4v) is 3.06. The minimum Gasteiger partial charge on any atom is -0.359 e. The van der Waals surface area contributed by atoms with E-state index >= 15 is 0 Å². The highest BCUT2D eigenvalue weighted by Crippen LogP contribution is 2.19. The fraction of sp³-hybridized carbons (Fsp3) is 0.462. The number of hydrogen-bond acceptors (Lipinski definition) is 4. The monoisotopic (exact) mass is 323 g/mol. The van der Waals surface area contributed by atoms with E-state index in [1.54, 1.807) is 10.9 Å². The normalized spacial score (nSPS) is 12.6. The summed E-state index contributed by atoms with van der Waals surface area (Å²) in [6.07, 6.45) is 1.76. The van der Waals surface area contributed by atoms with E-state index in [1.165, 1.54) is 0 Å². The molecule has 0 aliphatic rings. The Labute approximate surface area is 128 Å². The van der Waals surface area contributed by atoms with Crippen molar-refractivity contribution in [3.05, 3.63) is 23.5 Å². The van der Waals surface area contributed by atoms with Crippen LogP contribution in [-0.4, -0.2) is 39.1 Å². The smallest absolute Gasteiger partial charge is 0.207 e. The lowest BCUT2D eigenvalue weighted by Crippen LogP contribution is -2.22. The highest BCUT2D eigenvalue weighted by atomic mass is 35.5. The van der Waals surface area contributed by atoms with Crippen LogP contribution in [0.5, 0.6) is 0 Å². The minimum atomic E-state index is -1.08. The van der Waals surface area contributed by atoms with E-state index in [1.807, 2.05) is 16.5 Å². The van der Waals surface area contributed by atoms with Gasteiger partial charge in [-0.2, -0.15) is 4.68 Å². The first-order valence-corrected chi connectivity index (χ1v) is 11.0. The van der Waals surface area contributed by atoms with Crippen LogP contribution in [0.1, 0.15) is 0 Å². The van der Waals surface area contributed by atoms with Gasteiger partial charge in [0.15, 0.2) is 5.65 Å². The van der Waals surface area contributed by atoms with E-state index in [-0.39, 0.29) is 0 Å². The van der Waals surface area contributed by atoms with Crippen LogP contribution in [-0.2, 0) is 11.5 Å². The largest absolute Gasteiger partial charge is 0.359 e. The zero-order valence-electron chi connectivity index (χ0n) is 12.4. The van der Waals surface area contributed by atoms with Crippen molar-refractivity contribution >= 4 is 36.5 Å². The molecule has 0 unspecified atom stereocenters. The summed E-state index contributed by atoms with van der Waals surface area (Å²) in [5.74, 6) is 0. The van der Waals surface area contributed by atoms with Crippen LogP contribution in [0.4, 0.5) is 0 Å². The molecule has 0 fully saturated rings. The summed E-state index contributed by atoms with van der Waals surface area (Å²) in [6.45, 7) is 8.08. The molecule has 3 rings (SSSR count). The lowest BCUT2D eigenvalue weighted by molar-refractivity contribution is 0.0799. The number of rotatable bonds is 5. The predicted molar refractivity (Wildman–Crippen MR) is 85.4 cm³/mol. The summed E-state index contributed by atoms with van der Waals surface area (Å²) in [5, 5.41) is 8.88. The van der Waals surface area contributed by atoms with E-state index in [0.29, 0.717) is 23.2 Å². The first-order valence-electron chi connectivity index (χ1n) is 6.89. The van der Waals surface area contributed by atoms with Crippen LogP contribution >= 0.6 is 11.6 Å². The standard InChI is InChI=1S/C13H18ClN5OSi/c1-21(2,3)7-6-20-9-18-12-13(16-17-18)19-10(8-15-12)4-5-11(19)14/h4-5,8H,6-7,9H2,1-3H3. The summed E-state index contributed by atoms with van der Waals surface area (Å²) in [5.41, 5.74) is 2.23. The van der Waals surface area contributed by atoms with Crippen molar-refractivity contribution in [2.45, 2.75) is 32.4 Å². The van der Waals surface area contributed by atoms with Gasteiger partial charge in [0.25, 0.3) is 0 Å². The van der Waals surface area contributed by atoms with Crippen molar-refractivity contribution in [3.8, 4) is 0 Å². The fourth-order valence-electron chi connectivity index (χ4n) is 2.06. The number of ether oxygens (including phenoxy) is 1. The van der Waals surface area contributed by atoms with Gasteiger partial charge in [-0.25, -0.2) is 4.98 Å². The van der Waals surface area contributed by atoms with Crippen molar-refractivity contribution in [2.75, 3.05) is 6.61 Å². The zero-order valence-corrected chi connectivity index (χ0v) is 14.1. The molecule has 21 heavy (non-hydrogen) atoms. The molecule has 3 aromatic heterocycles. The number of halogens is 1. The molecular formula is C13H18ClN5OSi. The second kappa shape index (κ2) is 5.40. The Balaban J connectivity index is 1.81. The van der Waals surface area contributed by atoms with Crippen LogP contribution < -0.4 is 0 Å². The van der Waals surface area contributed by atoms with E-state index < -0.39 is 8.07 Å². The third-order valence-corrected chi connectivity index (χ3v) is 5.30. The third-order valence-electron chi connectivity index (χ3n) is 3.30. The molecular weight excluding hydrogens is 306 g/mol. The Hall–Kier alpha value is -1.44. The maximum absolute atomic E-state index is 6.17. The number of fused-ring (bicyclic) bond motifs is 3. The molecule has 0 aliphatic carbocycles. The van der Waals surface area contributed by atoms with E-state index in [9.17, 15) is 0 Å². The van der Waals surface area contributed by atoms with Crippen LogP contribution in [0, 0.1) is 0 Å². The SMILES string of the molecule is C[Si](C)(C)CCOCn1nnc2c1ncc1ccc(Cl)n12. The van der Waals surface area contributed by atoms with Gasteiger partial charge in [0.1, 0.15) is 11.9 Å². The number of aromatic nitrogens is 5. The Morgan fingerprint density at radius 1 is 1.24 bits per heavy atom. The van der Waals surface area contributed by atoms with E-state index in [4.69, 9.17) is 16.3 Å². The summed E-state index contributed by atoms with van der Waals surface area (Å²) in [7, 11) is -1.08. The van der Waals surface area contributed by atoms with Crippen LogP contribution in [0.2, 0.25) is 30.8 Å². The topological polar surface area (TPSA) is 57.2 Å². The molecule has 0 bridgehead atoms. The lowest BCUT2D eigenvalue weighted by atomic mass is 10.5. The molecule has 0 saturated carbocycles. The average Bonchev–Trinajstić information content (AvgIpc) is 2.98. The van der Waals surface area contributed by atoms with Crippen molar-refractivity contribution in [3.63, 3.8) is 0 Å². The quantitative estimate of drug-likeness (QED) is 0.535. The Bertz CT molecular complexity index is 776. The van der Waals surface area contributed by atoms with E-state index in [0.717, 1.165) is 18.2 Å². The minimum absolute atomic E-state index is 0.359. The summed E-state index contributed by atoms with van der Waals surface area (Å²) in [4.78, 5) is 4.40. The molecule has 0 saturated heterocycles. The van der Waals surface area contributed by atoms with Crippen molar-refractivity contribution < 1.29 is 4.74 Å². The first-order chi connectivity index (χ1) is 9.96. The van der Waals surface area contributed by atoms with Crippen LogP contribution in [0.3, 0.4) is 0 Å². The molecule has 0 aliphatic heterocycles. The van der Waals surface area contributed by atoms with Crippen LogP contribution in [0.15, 0.2) is 18.3 Å². The molecule has 112 valence electrons. The summed E-state index contributed by atoms with van der Waals surface area (Å²) < 4.78 is 9.19. The molecule has 3 aromatic rings. The van der Waals surface area contributed by atoms with Gasteiger partial charge >= 0.3 is 0 Å². The highest BCUT2D eigenvalue weighted by molar-refractivity contribution is 6.76. The van der Waals surface area contributed by atoms with Gasteiger partial charge in [-0.05, 0) is 18.2 Å². The Morgan fingerprint density at radius 2 is 2.05 bits per heavy atom. The predicted octanol–water partition coefficient (Wildman–Crippen LogP) is 3.04. The third kappa shape index (κ3) is 2.95. The molecule has 0 aromatic carbocycles. The van der Waals surface area contributed by atoms with Gasteiger partial charge in [-0.1, -0.05) is 36.5 Å². The van der Waals surface area contributed by atoms with Crippen molar-refractivity contribution in [1.82, 2.24) is 24.4 Å². The summed E-state index contributed by atoms with van der Waals surface area (Å²) in [6, 6.07) is 4.85. The van der Waals surface area contributed by atoms with Gasteiger partial charge in [0, 0.05) is 14.7 Å². The zero-order chi connectivity index (χ0) is 15.0. The van der Waals surface area contributed by atoms with Crippen molar-refractivity contribution in [2.24, 2.45) is 0 Å². The van der Waals surface area contributed by atoms with Gasteiger partial charge in [-0.3, -0.25) is 4.40 Å². The maximum atomic E-state index is 6.17. The molecule has 6 nitrogen and oxygen atoms in total. The highest BCUT2D eigenvalue weighted by Gasteiger charge is 2.14. The van der Waals surface area contributed by atoms with Gasteiger partial charge in [0.2, 0.25) is 5.65 Å². The maximum Gasteiger partial charge on any atom is 0.207 e. The summed E-state index contributed by atoms with van der Waals surface area (Å²) >= 11 is 6.17. The molecule has 0 radical (unpaired) electrons. The van der Waals surface area contributed by atoms with Gasteiger partial charge in [0.05, 0.1) is 11.7 Å². The molecule has 0 amide bonds. The molecule has 0 spiro atoms. The molecule has 3 heterocycles. The van der Waals surface area contributed by atoms with Crippen molar-refractivity contribution in [1.29, 1.82) is 0 Å². The van der Waals surface area contributed by atoms with Gasteiger partial charge < -0.3 is 4.74 Å². The number of nitrogens with zero attached hydrogens (tertiary/aromatic N) is 5. The Morgan fingerprint density at radius 3 is 2.81 bits per heavy atom. The first kappa shape index (κ1) is 14.5. The second-order valence-corrected chi connectivity index (χ2v) is 12.3. The Kier molecular flexibility index (Phi) is 3.72. The average molecular weight is 324 g/mol. The molecule has 8 heteroatoms. The lowest BCUT2D eigenvalue weighted by Gasteiger charge is -2.15. The number of hydrogen-bond donors (Lipinski definition) is 0. The molecule has 0 N–H and O–H groups in total. The van der Waals surface area contributed by atoms with Gasteiger partial charge in [-0.15, -0.1) is 5.10 Å².